The number of aliphatic hydroxyl groups is 4. The van der Waals surface area contributed by atoms with Gasteiger partial charge in [0.1, 0.15) is 24.4 Å². The highest BCUT2D eigenvalue weighted by Gasteiger charge is 2.46. The lowest BCUT2D eigenvalue weighted by Gasteiger charge is -2.23. The Morgan fingerprint density at radius 2 is 2.00 bits per heavy atom. The molecule has 0 amide bonds. The van der Waals surface area contributed by atoms with E-state index in [0.717, 1.165) is 0 Å². The van der Waals surface area contributed by atoms with Gasteiger partial charge in [0.25, 0.3) is 0 Å². The molecule has 1 aliphatic rings. The first-order valence-corrected chi connectivity index (χ1v) is 5.86. The SMILES string of the molecule is [2H][C@]1(OCc2ccccc2)[C@@H](O)C(O)O[C@]1([2H])[C@H](O)CO. The van der Waals surface area contributed by atoms with E-state index in [9.17, 15) is 15.3 Å². The van der Waals surface area contributed by atoms with Crippen molar-refractivity contribution in [1.82, 2.24) is 0 Å². The van der Waals surface area contributed by atoms with Crippen molar-refractivity contribution >= 4 is 0 Å². The molecule has 0 aliphatic carbocycles. The van der Waals surface area contributed by atoms with Crippen LogP contribution in [0.3, 0.4) is 0 Å². The summed E-state index contributed by atoms with van der Waals surface area (Å²) in [5.41, 5.74) is 0.679. The molecule has 1 saturated heterocycles. The Hall–Kier alpha value is -1.02. The lowest BCUT2D eigenvalue weighted by Crippen LogP contribution is -2.42. The van der Waals surface area contributed by atoms with Crippen molar-refractivity contribution in [3.05, 3.63) is 35.9 Å². The highest BCUT2D eigenvalue weighted by Crippen LogP contribution is 2.25. The quantitative estimate of drug-likeness (QED) is 0.549. The van der Waals surface area contributed by atoms with E-state index in [-0.39, 0.29) is 6.61 Å². The minimum Gasteiger partial charge on any atom is -0.394 e. The maximum absolute atomic E-state index is 9.87. The van der Waals surface area contributed by atoms with Crippen LogP contribution >= 0.6 is 0 Å². The minimum absolute atomic E-state index is 0.129. The van der Waals surface area contributed by atoms with Crippen molar-refractivity contribution in [2.75, 3.05) is 6.61 Å². The first-order chi connectivity index (χ1) is 9.85. The molecular formula is C13H18O6. The van der Waals surface area contributed by atoms with Crippen LogP contribution in [-0.4, -0.2) is 57.7 Å². The van der Waals surface area contributed by atoms with Crippen LogP contribution in [0.1, 0.15) is 8.30 Å². The molecule has 1 fully saturated rings. The second kappa shape index (κ2) is 6.42. The van der Waals surface area contributed by atoms with Crippen LogP contribution in [-0.2, 0) is 16.1 Å². The van der Waals surface area contributed by atoms with Gasteiger partial charge in [-0.05, 0) is 5.56 Å². The molecule has 1 aliphatic heterocycles. The Bertz CT molecular complexity index is 475. The predicted octanol–water partition coefficient (Wildman–Crippen LogP) is -0.997. The third kappa shape index (κ3) is 3.30. The van der Waals surface area contributed by atoms with Gasteiger partial charge in [-0.25, -0.2) is 0 Å². The maximum atomic E-state index is 9.87. The second-order valence-electron chi connectivity index (χ2n) is 4.15. The van der Waals surface area contributed by atoms with Crippen molar-refractivity contribution in [2.24, 2.45) is 0 Å². The van der Waals surface area contributed by atoms with Crippen LogP contribution < -0.4 is 0 Å². The maximum Gasteiger partial charge on any atom is 0.184 e. The number of aliphatic hydroxyl groups excluding tert-OH is 4. The zero-order valence-electron chi connectivity index (χ0n) is 12.1. The predicted molar refractivity (Wildman–Crippen MR) is 65.0 cm³/mol. The molecule has 1 aromatic rings. The van der Waals surface area contributed by atoms with Gasteiger partial charge in [0.05, 0.1) is 16.0 Å². The van der Waals surface area contributed by atoms with Gasteiger partial charge in [0.15, 0.2) is 6.29 Å². The smallest absolute Gasteiger partial charge is 0.184 e. The molecule has 1 heterocycles. The largest absolute Gasteiger partial charge is 0.394 e. The van der Waals surface area contributed by atoms with E-state index in [2.05, 4.69) is 0 Å². The van der Waals surface area contributed by atoms with E-state index in [1.54, 1.807) is 30.3 Å². The van der Waals surface area contributed by atoms with Gasteiger partial charge >= 0.3 is 0 Å². The van der Waals surface area contributed by atoms with Crippen molar-refractivity contribution in [3.8, 4) is 0 Å². The van der Waals surface area contributed by atoms with Gasteiger partial charge in [-0.1, -0.05) is 30.3 Å². The summed E-state index contributed by atoms with van der Waals surface area (Å²) < 4.78 is 26.2. The summed E-state index contributed by atoms with van der Waals surface area (Å²) in [6.07, 6.45) is -10.5. The van der Waals surface area contributed by atoms with E-state index in [1.165, 1.54) is 0 Å². The first kappa shape index (κ1) is 11.8. The van der Waals surface area contributed by atoms with Crippen LogP contribution in [0.5, 0.6) is 0 Å². The fourth-order valence-corrected chi connectivity index (χ4v) is 1.75. The summed E-state index contributed by atoms with van der Waals surface area (Å²) in [6.45, 7) is -1.01. The van der Waals surface area contributed by atoms with E-state index in [4.69, 9.17) is 17.3 Å². The monoisotopic (exact) mass is 272 g/mol. The molecule has 0 aromatic heterocycles. The van der Waals surface area contributed by atoms with Crippen molar-refractivity contribution < 1.29 is 32.6 Å². The highest BCUT2D eigenvalue weighted by atomic mass is 16.7. The molecule has 6 nitrogen and oxygen atoms in total. The van der Waals surface area contributed by atoms with Crippen molar-refractivity contribution in [1.29, 1.82) is 0 Å². The third-order valence-corrected chi connectivity index (χ3v) is 2.74. The number of hydrogen-bond donors (Lipinski definition) is 4. The third-order valence-electron chi connectivity index (χ3n) is 2.74. The lowest BCUT2D eigenvalue weighted by molar-refractivity contribution is -0.151. The van der Waals surface area contributed by atoms with Crippen LogP contribution in [0.15, 0.2) is 30.3 Å². The van der Waals surface area contributed by atoms with Crippen LogP contribution in [0.4, 0.5) is 0 Å². The highest BCUT2D eigenvalue weighted by molar-refractivity contribution is 5.13. The Morgan fingerprint density at radius 3 is 2.63 bits per heavy atom. The fourth-order valence-electron chi connectivity index (χ4n) is 1.75. The van der Waals surface area contributed by atoms with E-state index >= 15 is 0 Å². The van der Waals surface area contributed by atoms with Gasteiger partial charge in [-0.3, -0.25) is 0 Å². The lowest BCUT2D eigenvalue weighted by atomic mass is 10.1. The number of ether oxygens (including phenoxy) is 2. The van der Waals surface area contributed by atoms with Gasteiger partial charge in [0, 0.05) is 0 Å². The average molecular weight is 272 g/mol. The topological polar surface area (TPSA) is 99.4 Å². The molecule has 1 unspecified atom stereocenters. The number of benzene rings is 1. The van der Waals surface area contributed by atoms with Crippen molar-refractivity contribution in [2.45, 2.75) is 37.3 Å². The van der Waals surface area contributed by atoms with Crippen molar-refractivity contribution in [3.63, 3.8) is 0 Å². The average Bonchev–Trinajstić information content (AvgIpc) is 2.67. The first-order valence-electron chi connectivity index (χ1n) is 6.86. The standard InChI is InChI=1S/C13H18O6/c14-6-9(15)11-12(10(16)13(17)19-11)18-7-8-4-2-1-3-5-8/h1-5,9-17H,6-7H2/t9-,10-,11-,12+,13?/m1/s1/i11D,12D. The molecule has 5 atom stereocenters. The van der Waals surface area contributed by atoms with E-state index < -0.39 is 37.3 Å². The molecule has 6 heteroatoms. The number of rotatable bonds is 5. The fraction of sp³-hybridized carbons (Fsp3) is 0.538. The second-order valence-corrected chi connectivity index (χ2v) is 4.15. The summed E-state index contributed by atoms with van der Waals surface area (Å²) in [5.74, 6) is 0. The van der Waals surface area contributed by atoms with E-state index in [1.807, 2.05) is 0 Å². The van der Waals surface area contributed by atoms with Gasteiger partial charge in [-0.2, -0.15) is 0 Å². The molecule has 4 N–H and O–H groups in total. The summed E-state index contributed by atoms with van der Waals surface area (Å²) in [5, 5.41) is 38.1. The van der Waals surface area contributed by atoms with E-state index in [0.29, 0.717) is 5.56 Å². The Balaban J connectivity index is 2.23. The molecule has 1 aromatic carbocycles. The Morgan fingerprint density at radius 1 is 1.32 bits per heavy atom. The van der Waals surface area contributed by atoms with Crippen LogP contribution in [0.25, 0.3) is 0 Å². The zero-order valence-corrected chi connectivity index (χ0v) is 10.1. The Labute approximate surface area is 113 Å². The normalized spacial score (nSPS) is 41.7. The van der Waals surface area contributed by atoms with Crippen LogP contribution in [0, 0.1) is 0 Å². The minimum atomic E-state index is -2.52. The molecule has 2 rings (SSSR count). The molecule has 106 valence electrons. The van der Waals surface area contributed by atoms with Crippen LogP contribution in [0.2, 0.25) is 0 Å². The van der Waals surface area contributed by atoms with Gasteiger partial charge < -0.3 is 29.9 Å². The molecule has 0 radical (unpaired) electrons. The molecule has 0 saturated carbocycles. The summed E-state index contributed by atoms with van der Waals surface area (Å²) in [6, 6.07) is 8.73. The molecule has 0 spiro atoms. The molecular weight excluding hydrogens is 252 g/mol. The summed E-state index contributed by atoms with van der Waals surface area (Å²) in [7, 11) is 0. The molecule has 19 heavy (non-hydrogen) atoms. The van der Waals surface area contributed by atoms with Gasteiger partial charge in [-0.15, -0.1) is 0 Å². The number of hydrogen-bond acceptors (Lipinski definition) is 6. The summed E-state index contributed by atoms with van der Waals surface area (Å²) in [4.78, 5) is 0. The molecule has 0 bridgehead atoms. The summed E-state index contributed by atoms with van der Waals surface area (Å²) >= 11 is 0. The van der Waals surface area contributed by atoms with Gasteiger partial charge in [0.2, 0.25) is 0 Å². The zero-order chi connectivity index (χ0) is 15.7. The Kier molecular flexibility index (Phi) is 3.98.